The molecule has 100 valence electrons. The lowest BCUT2D eigenvalue weighted by atomic mass is 10.2. The third-order valence-corrected chi connectivity index (χ3v) is 2.66. The van der Waals surface area contributed by atoms with Gasteiger partial charge < -0.3 is 5.11 Å². The normalized spacial score (nSPS) is 11.6. The van der Waals surface area contributed by atoms with Crippen molar-refractivity contribution >= 4 is 17.6 Å². The Labute approximate surface area is 110 Å². The van der Waals surface area contributed by atoms with Gasteiger partial charge in [-0.2, -0.15) is 18.3 Å². The van der Waals surface area contributed by atoms with Gasteiger partial charge >= 0.3 is 12.1 Å². The summed E-state index contributed by atoms with van der Waals surface area (Å²) in [5.41, 5.74) is -1.19. The number of nitrogens with zero attached hydrogens (tertiary/aromatic N) is 2. The van der Waals surface area contributed by atoms with Crippen LogP contribution in [0.15, 0.2) is 30.5 Å². The van der Waals surface area contributed by atoms with E-state index in [1.165, 1.54) is 18.3 Å². The van der Waals surface area contributed by atoms with Crippen LogP contribution in [0, 0.1) is 0 Å². The van der Waals surface area contributed by atoms with Crippen molar-refractivity contribution in [1.29, 1.82) is 0 Å². The van der Waals surface area contributed by atoms with Gasteiger partial charge in [-0.05, 0) is 24.3 Å². The zero-order chi connectivity index (χ0) is 14.2. The van der Waals surface area contributed by atoms with Crippen molar-refractivity contribution in [3.63, 3.8) is 0 Å². The van der Waals surface area contributed by atoms with Gasteiger partial charge in [0.1, 0.15) is 0 Å². The van der Waals surface area contributed by atoms with Crippen molar-refractivity contribution in [2.45, 2.75) is 6.18 Å². The molecule has 0 aliphatic carbocycles. The van der Waals surface area contributed by atoms with Crippen molar-refractivity contribution in [3.05, 3.63) is 46.7 Å². The number of hydrogen-bond donors (Lipinski definition) is 1. The lowest BCUT2D eigenvalue weighted by Gasteiger charge is -2.10. The fraction of sp³-hybridized carbons (Fsp3) is 0.0909. The minimum atomic E-state index is -4.59. The lowest BCUT2D eigenvalue weighted by Crippen LogP contribution is -2.08. The Morgan fingerprint density at radius 2 is 2.00 bits per heavy atom. The zero-order valence-electron chi connectivity index (χ0n) is 9.15. The largest absolute Gasteiger partial charge is 0.476 e. The monoisotopic (exact) mass is 290 g/mol. The topological polar surface area (TPSA) is 55.1 Å². The summed E-state index contributed by atoms with van der Waals surface area (Å²) in [6.45, 7) is 0. The highest BCUT2D eigenvalue weighted by Gasteiger charge is 2.33. The van der Waals surface area contributed by atoms with E-state index >= 15 is 0 Å². The molecular weight excluding hydrogens is 285 g/mol. The summed E-state index contributed by atoms with van der Waals surface area (Å²) in [7, 11) is 0. The van der Waals surface area contributed by atoms with Crippen molar-refractivity contribution in [1.82, 2.24) is 9.78 Å². The molecule has 1 aromatic heterocycles. The van der Waals surface area contributed by atoms with Crippen LogP contribution in [0.2, 0.25) is 5.02 Å². The fourth-order valence-electron chi connectivity index (χ4n) is 1.45. The molecule has 2 aromatic rings. The van der Waals surface area contributed by atoms with Gasteiger partial charge in [-0.3, -0.25) is 0 Å². The predicted molar refractivity (Wildman–Crippen MR) is 60.5 cm³/mol. The molecule has 1 aromatic carbocycles. The smallest absolute Gasteiger partial charge is 0.417 e. The van der Waals surface area contributed by atoms with Crippen molar-refractivity contribution in [2.75, 3.05) is 0 Å². The van der Waals surface area contributed by atoms with Gasteiger partial charge in [-0.1, -0.05) is 11.6 Å². The molecule has 0 saturated carbocycles. The van der Waals surface area contributed by atoms with E-state index in [2.05, 4.69) is 5.10 Å². The van der Waals surface area contributed by atoms with Gasteiger partial charge in [0.2, 0.25) is 0 Å². The Kier molecular flexibility index (Phi) is 3.23. The Morgan fingerprint density at radius 1 is 1.32 bits per heavy atom. The van der Waals surface area contributed by atoms with Crippen LogP contribution >= 0.6 is 11.6 Å². The molecule has 0 atom stereocenters. The molecule has 0 aliphatic rings. The number of carbonyl (C=O) groups is 1. The van der Waals surface area contributed by atoms with E-state index in [-0.39, 0.29) is 11.4 Å². The summed E-state index contributed by atoms with van der Waals surface area (Å²) in [4.78, 5) is 10.6. The Morgan fingerprint density at radius 3 is 2.53 bits per heavy atom. The van der Waals surface area contributed by atoms with E-state index in [9.17, 15) is 18.0 Å². The molecule has 0 radical (unpaired) electrons. The minimum Gasteiger partial charge on any atom is -0.476 e. The third-order valence-electron chi connectivity index (χ3n) is 2.33. The summed E-state index contributed by atoms with van der Waals surface area (Å²) >= 11 is 5.48. The molecule has 1 heterocycles. The number of aromatic carboxylic acids is 1. The van der Waals surface area contributed by atoms with Gasteiger partial charge in [0.15, 0.2) is 5.69 Å². The molecule has 0 fully saturated rings. The number of rotatable bonds is 2. The number of carboxylic acids is 1. The lowest BCUT2D eigenvalue weighted by molar-refractivity contribution is -0.137. The highest BCUT2D eigenvalue weighted by Crippen LogP contribution is 2.35. The highest BCUT2D eigenvalue weighted by molar-refractivity contribution is 6.31. The molecule has 1 N–H and O–H groups in total. The summed E-state index contributed by atoms with van der Waals surface area (Å²) in [5, 5.41) is 11.9. The van der Waals surface area contributed by atoms with Crippen LogP contribution in [-0.2, 0) is 6.18 Å². The molecule has 8 heteroatoms. The average molecular weight is 291 g/mol. The molecule has 0 saturated heterocycles. The molecule has 0 unspecified atom stereocenters. The molecule has 4 nitrogen and oxygen atoms in total. The number of alkyl halides is 3. The number of hydrogen-bond acceptors (Lipinski definition) is 2. The Hall–Kier alpha value is -2.02. The molecule has 2 rings (SSSR count). The van der Waals surface area contributed by atoms with Gasteiger partial charge in [-0.15, -0.1) is 0 Å². The van der Waals surface area contributed by atoms with E-state index in [0.29, 0.717) is 0 Å². The standard InChI is InChI=1S/C11H6ClF3N2O2/c12-8-2-1-6(5-7(8)11(13,14)15)17-4-3-9(16-17)10(18)19/h1-5H,(H,18,19). The first-order valence-electron chi connectivity index (χ1n) is 4.95. The summed E-state index contributed by atoms with van der Waals surface area (Å²) in [5.74, 6) is -1.26. The minimum absolute atomic E-state index is 0.0734. The van der Waals surface area contributed by atoms with Crippen LogP contribution < -0.4 is 0 Å². The van der Waals surface area contributed by atoms with Crippen LogP contribution in [-0.4, -0.2) is 20.9 Å². The molecule has 0 bridgehead atoms. The second-order valence-electron chi connectivity index (χ2n) is 3.61. The van der Waals surface area contributed by atoms with E-state index in [0.717, 1.165) is 16.8 Å². The number of benzene rings is 1. The van der Waals surface area contributed by atoms with Gasteiger partial charge in [0.25, 0.3) is 0 Å². The second kappa shape index (κ2) is 4.58. The van der Waals surface area contributed by atoms with E-state index in [4.69, 9.17) is 16.7 Å². The molecule has 0 aliphatic heterocycles. The third kappa shape index (κ3) is 2.70. The van der Waals surface area contributed by atoms with E-state index in [1.807, 2.05) is 0 Å². The summed E-state index contributed by atoms with van der Waals surface area (Å²) in [6, 6.07) is 4.39. The first-order chi connectivity index (χ1) is 8.79. The van der Waals surface area contributed by atoms with Crippen LogP contribution in [0.1, 0.15) is 16.1 Å². The average Bonchev–Trinajstić information content (AvgIpc) is 2.77. The van der Waals surface area contributed by atoms with Crippen LogP contribution in [0.3, 0.4) is 0 Å². The zero-order valence-corrected chi connectivity index (χ0v) is 9.90. The summed E-state index contributed by atoms with van der Waals surface area (Å²) in [6.07, 6.45) is -3.33. The molecule has 0 spiro atoms. The maximum atomic E-state index is 12.7. The van der Waals surface area contributed by atoms with Crippen LogP contribution in [0.5, 0.6) is 0 Å². The highest BCUT2D eigenvalue weighted by atomic mass is 35.5. The predicted octanol–water partition coefficient (Wildman–Crippen LogP) is 3.24. The Bertz CT molecular complexity index is 637. The molecule has 0 amide bonds. The maximum absolute atomic E-state index is 12.7. The first kappa shape index (κ1) is 13.4. The maximum Gasteiger partial charge on any atom is 0.417 e. The summed E-state index contributed by atoms with van der Waals surface area (Å²) < 4.78 is 39.0. The van der Waals surface area contributed by atoms with Crippen molar-refractivity contribution in [3.8, 4) is 5.69 Å². The quantitative estimate of drug-likeness (QED) is 0.924. The van der Waals surface area contributed by atoms with Crippen LogP contribution in [0.25, 0.3) is 5.69 Å². The number of halogens is 4. The SMILES string of the molecule is O=C(O)c1ccn(-c2ccc(Cl)c(C(F)(F)F)c2)n1. The van der Waals surface area contributed by atoms with Gasteiger partial charge in [0, 0.05) is 6.20 Å². The molecular formula is C11H6ClF3N2O2. The Balaban J connectivity index is 2.48. The molecule has 19 heavy (non-hydrogen) atoms. The van der Waals surface area contributed by atoms with Gasteiger partial charge in [-0.25, -0.2) is 9.48 Å². The van der Waals surface area contributed by atoms with E-state index < -0.39 is 22.7 Å². The first-order valence-corrected chi connectivity index (χ1v) is 5.33. The fourth-order valence-corrected chi connectivity index (χ4v) is 1.68. The van der Waals surface area contributed by atoms with Gasteiger partial charge in [0.05, 0.1) is 16.3 Å². The number of carboxylic acid groups (broad SMARTS) is 1. The van der Waals surface area contributed by atoms with Crippen LogP contribution in [0.4, 0.5) is 13.2 Å². The number of aromatic nitrogens is 2. The van der Waals surface area contributed by atoms with Crippen molar-refractivity contribution in [2.24, 2.45) is 0 Å². The van der Waals surface area contributed by atoms with Crippen molar-refractivity contribution < 1.29 is 23.1 Å². The second-order valence-corrected chi connectivity index (χ2v) is 4.02. The van der Waals surface area contributed by atoms with E-state index in [1.54, 1.807) is 0 Å².